The maximum absolute atomic E-state index is 14.1. The Morgan fingerprint density at radius 3 is 2.43 bits per heavy atom. The SMILES string of the molecule is CC(C)(C)OC(=O)N1CCC2(CCN(Cc3ccc(C(F)(F)F)cc3F)C2)C1. The predicted molar refractivity (Wildman–Crippen MR) is 96.2 cm³/mol. The van der Waals surface area contributed by atoms with E-state index in [-0.39, 0.29) is 23.6 Å². The first-order valence-corrected chi connectivity index (χ1v) is 9.43. The van der Waals surface area contributed by atoms with E-state index in [0.717, 1.165) is 25.5 Å². The number of benzene rings is 1. The van der Waals surface area contributed by atoms with Crippen molar-refractivity contribution in [2.24, 2.45) is 5.41 Å². The number of rotatable bonds is 2. The molecule has 2 aliphatic heterocycles. The van der Waals surface area contributed by atoms with Gasteiger partial charge in [0.2, 0.25) is 0 Å². The number of hydrogen-bond donors (Lipinski definition) is 0. The Labute approximate surface area is 162 Å². The second-order valence-electron chi connectivity index (χ2n) is 8.92. The van der Waals surface area contributed by atoms with Gasteiger partial charge in [0.25, 0.3) is 0 Å². The summed E-state index contributed by atoms with van der Waals surface area (Å²) in [6.45, 7) is 8.37. The fraction of sp³-hybridized carbons (Fsp3) is 0.650. The number of amides is 1. The van der Waals surface area contributed by atoms with Gasteiger partial charge in [0.15, 0.2) is 0 Å². The number of hydrogen-bond acceptors (Lipinski definition) is 3. The van der Waals surface area contributed by atoms with Crippen LogP contribution in [-0.2, 0) is 17.5 Å². The highest BCUT2D eigenvalue weighted by Gasteiger charge is 2.45. The molecular formula is C20H26F4N2O2. The lowest BCUT2D eigenvalue weighted by molar-refractivity contribution is -0.137. The second-order valence-corrected chi connectivity index (χ2v) is 8.92. The van der Waals surface area contributed by atoms with Gasteiger partial charge in [0.1, 0.15) is 11.4 Å². The van der Waals surface area contributed by atoms with Crippen molar-refractivity contribution < 1.29 is 27.1 Å². The Morgan fingerprint density at radius 2 is 1.82 bits per heavy atom. The van der Waals surface area contributed by atoms with Crippen LogP contribution in [0.2, 0.25) is 0 Å². The molecule has 1 aromatic carbocycles. The molecule has 0 saturated carbocycles. The lowest BCUT2D eigenvalue weighted by Crippen LogP contribution is -2.37. The standard InChI is InChI=1S/C20H26F4N2O2/c1-18(2,3)28-17(27)26-9-7-19(13-26)6-8-25(12-19)11-14-4-5-15(10-16(14)21)20(22,23)24/h4-5,10H,6-9,11-13H2,1-3H3. The smallest absolute Gasteiger partial charge is 0.416 e. The van der Waals surface area contributed by atoms with Crippen LogP contribution in [0.25, 0.3) is 0 Å². The molecular weight excluding hydrogens is 376 g/mol. The monoisotopic (exact) mass is 402 g/mol. The number of ether oxygens (including phenoxy) is 1. The molecule has 1 aromatic rings. The summed E-state index contributed by atoms with van der Waals surface area (Å²) in [6, 6.07) is 2.69. The molecule has 2 fully saturated rings. The molecule has 156 valence electrons. The summed E-state index contributed by atoms with van der Waals surface area (Å²) in [5.41, 5.74) is -1.32. The number of halogens is 4. The normalized spacial score (nSPS) is 23.6. The summed E-state index contributed by atoms with van der Waals surface area (Å²) in [6.07, 6.45) is -3.16. The highest BCUT2D eigenvalue weighted by atomic mass is 19.4. The molecule has 0 N–H and O–H groups in total. The van der Waals surface area contributed by atoms with E-state index in [9.17, 15) is 22.4 Å². The minimum absolute atomic E-state index is 0.0563. The molecule has 2 saturated heterocycles. The van der Waals surface area contributed by atoms with Gasteiger partial charge in [-0.15, -0.1) is 0 Å². The van der Waals surface area contributed by atoms with E-state index in [0.29, 0.717) is 25.7 Å². The predicted octanol–water partition coefficient (Wildman–Crippen LogP) is 4.68. The van der Waals surface area contributed by atoms with Crippen LogP contribution in [0.1, 0.15) is 44.7 Å². The van der Waals surface area contributed by atoms with Gasteiger partial charge in [-0.2, -0.15) is 13.2 Å². The molecule has 2 aliphatic rings. The lowest BCUT2D eigenvalue weighted by Gasteiger charge is -2.27. The summed E-state index contributed by atoms with van der Waals surface area (Å²) in [4.78, 5) is 16.0. The third-order valence-corrected chi connectivity index (χ3v) is 5.38. The van der Waals surface area contributed by atoms with Crippen molar-refractivity contribution in [3.05, 3.63) is 35.1 Å². The van der Waals surface area contributed by atoms with Crippen molar-refractivity contribution >= 4 is 6.09 Å². The van der Waals surface area contributed by atoms with Crippen LogP contribution in [0.15, 0.2) is 18.2 Å². The molecule has 0 radical (unpaired) electrons. The van der Waals surface area contributed by atoms with Crippen LogP contribution < -0.4 is 0 Å². The number of alkyl halides is 3. The van der Waals surface area contributed by atoms with Crippen molar-refractivity contribution in [2.75, 3.05) is 26.2 Å². The quantitative estimate of drug-likeness (QED) is 0.674. The topological polar surface area (TPSA) is 32.8 Å². The molecule has 0 aromatic heterocycles. The minimum Gasteiger partial charge on any atom is -0.444 e. The first kappa shape index (κ1) is 20.9. The fourth-order valence-corrected chi connectivity index (χ4v) is 4.01. The van der Waals surface area contributed by atoms with Gasteiger partial charge in [-0.3, -0.25) is 4.90 Å². The van der Waals surface area contributed by atoms with E-state index in [2.05, 4.69) is 0 Å². The summed E-state index contributed by atoms with van der Waals surface area (Å²) in [5.74, 6) is -0.836. The van der Waals surface area contributed by atoms with E-state index >= 15 is 0 Å². The van der Waals surface area contributed by atoms with Gasteiger partial charge in [0, 0.05) is 37.2 Å². The molecule has 0 bridgehead atoms. The molecule has 28 heavy (non-hydrogen) atoms. The van der Waals surface area contributed by atoms with E-state index in [4.69, 9.17) is 4.74 Å². The Morgan fingerprint density at radius 1 is 1.14 bits per heavy atom. The van der Waals surface area contributed by atoms with Crippen molar-refractivity contribution in [3.8, 4) is 0 Å². The first-order chi connectivity index (χ1) is 12.9. The van der Waals surface area contributed by atoms with Gasteiger partial charge >= 0.3 is 12.3 Å². The number of carbonyl (C=O) groups is 1. The second kappa shape index (κ2) is 7.21. The maximum Gasteiger partial charge on any atom is 0.416 e. The molecule has 2 heterocycles. The van der Waals surface area contributed by atoms with Crippen molar-refractivity contribution in [2.45, 2.75) is 51.9 Å². The fourth-order valence-electron chi connectivity index (χ4n) is 4.01. The largest absolute Gasteiger partial charge is 0.444 e. The third-order valence-electron chi connectivity index (χ3n) is 5.38. The van der Waals surface area contributed by atoms with Gasteiger partial charge in [-0.25, -0.2) is 9.18 Å². The van der Waals surface area contributed by atoms with Crippen LogP contribution in [0, 0.1) is 11.2 Å². The molecule has 1 amide bonds. The summed E-state index contributed by atoms with van der Waals surface area (Å²) >= 11 is 0. The molecule has 8 heteroatoms. The Hall–Kier alpha value is -1.83. The highest BCUT2D eigenvalue weighted by molar-refractivity contribution is 5.68. The van der Waals surface area contributed by atoms with Crippen molar-refractivity contribution in [1.29, 1.82) is 0 Å². The molecule has 1 atom stereocenters. The average molecular weight is 402 g/mol. The van der Waals surface area contributed by atoms with Crippen LogP contribution in [0.5, 0.6) is 0 Å². The Bertz CT molecular complexity index is 745. The van der Waals surface area contributed by atoms with E-state index in [1.54, 1.807) is 4.90 Å². The van der Waals surface area contributed by atoms with Gasteiger partial charge in [-0.05, 0) is 52.3 Å². The zero-order valence-corrected chi connectivity index (χ0v) is 16.4. The first-order valence-electron chi connectivity index (χ1n) is 9.43. The number of carbonyl (C=O) groups excluding carboxylic acids is 1. The Kier molecular flexibility index (Phi) is 5.38. The Balaban J connectivity index is 1.60. The van der Waals surface area contributed by atoms with E-state index in [1.807, 2.05) is 25.7 Å². The molecule has 3 rings (SSSR count). The number of nitrogens with zero attached hydrogens (tertiary/aromatic N) is 2. The minimum atomic E-state index is -4.55. The maximum atomic E-state index is 14.1. The molecule has 4 nitrogen and oxygen atoms in total. The van der Waals surface area contributed by atoms with Crippen LogP contribution in [-0.4, -0.2) is 47.7 Å². The molecule has 1 spiro atoms. The third kappa shape index (κ3) is 4.77. The van der Waals surface area contributed by atoms with Crippen LogP contribution in [0.4, 0.5) is 22.4 Å². The number of likely N-dealkylation sites (tertiary alicyclic amines) is 2. The van der Waals surface area contributed by atoms with Crippen LogP contribution >= 0.6 is 0 Å². The lowest BCUT2D eigenvalue weighted by atomic mass is 9.86. The zero-order valence-electron chi connectivity index (χ0n) is 16.4. The van der Waals surface area contributed by atoms with Crippen molar-refractivity contribution in [1.82, 2.24) is 9.80 Å². The van der Waals surface area contributed by atoms with Crippen LogP contribution in [0.3, 0.4) is 0 Å². The van der Waals surface area contributed by atoms with Crippen molar-refractivity contribution in [3.63, 3.8) is 0 Å². The van der Waals surface area contributed by atoms with Gasteiger partial charge in [0.05, 0.1) is 5.56 Å². The molecule has 1 unspecified atom stereocenters. The summed E-state index contributed by atoms with van der Waals surface area (Å²) in [7, 11) is 0. The molecule has 0 aliphatic carbocycles. The zero-order chi connectivity index (χ0) is 20.7. The average Bonchev–Trinajstić information content (AvgIpc) is 3.14. The van der Waals surface area contributed by atoms with Gasteiger partial charge in [-0.1, -0.05) is 6.07 Å². The summed E-state index contributed by atoms with van der Waals surface area (Å²) in [5, 5.41) is 0. The van der Waals surface area contributed by atoms with Gasteiger partial charge < -0.3 is 9.64 Å². The summed E-state index contributed by atoms with van der Waals surface area (Å²) < 4.78 is 57.6. The van der Waals surface area contributed by atoms with E-state index < -0.39 is 23.2 Å². The van der Waals surface area contributed by atoms with E-state index in [1.165, 1.54) is 6.07 Å². The highest BCUT2D eigenvalue weighted by Crippen LogP contribution is 2.40.